The van der Waals surface area contributed by atoms with Crippen molar-refractivity contribution in [2.24, 2.45) is 5.73 Å². The van der Waals surface area contributed by atoms with E-state index < -0.39 is 0 Å². The topological polar surface area (TPSA) is 69.6 Å². The van der Waals surface area contributed by atoms with E-state index in [2.05, 4.69) is 44.5 Å². The van der Waals surface area contributed by atoms with Crippen LogP contribution in [0.5, 0.6) is 0 Å². The highest BCUT2D eigenvalue weighted by Crippen LogP contribution is 2.27. The van der Waals surface area contributed by atoms with Gasteiger partial charge in [-0.3, -0.25) is 4.68 Å². The molecule has 0 spiro atoms. The Hall–Kier alpha value is -0.790. The fourth-order valence-corrected chi connectivity index (χ4v) is 3.29. The molecule has 7 heteroatoms. The maximum atomic E-state index is 6.32. The third-order valence-electron chi connectivity index (χ3n) is 3.12. The van der Waals surface area contributed by atoms with Gasteiger partial charge in [-0.15, -0.1) is 5.10 Å². The summed E-state index contributed by atoms with van der Waals surface area (Å²) in [6.07, 6.45) is 1.61. The van der Waals surface area contributed by atoms with E-state index in [9.17, 15) is 0 Å². The van der Waals surface area contributed by atoms with Crippen molar-refractivity contribution in [1.29, 1.82) is 0 Å². The first-order valence-corrected chi connectivity index (χ1v) is 7.93. The predicted octanol–water partition coefficient (Wildman–Crippen LogP) is 2.63. The minimum Gasteiger partial charge on any atom is -0.323 e. The van der Waals surface area contributed by atoms with Gasteiger partial charge in [0.05, 0.1) is 26.4 Å². The van der Waals surface area contributed by atoms with Gasteiger partial charge in [0, 0.05) is 19.0 Å². The van der Waals surface area contributed by atoms with Crippen molar-refractivity contribution in [3.63, 3.8) is 0 Å². The Kier molecular flexibility index (Phi) is 4.70. The molecule has 5 nitrogen and oxygen atoms in total. The van der Waals surface area contributed by atoms with Crippen molar-refractivity contribution in [3.8, 4) is 0 Å². The fourth-order valence-electron chi connectivity index (χ4n) is 2.11. The minimum absolute atomic E-state index is 0.0763. The Balaban J connectivity index is 2.26. The van der Waals surface area contributed by atoms with Crippen LogP contribution >= 0.6 is 27.5 Å². The zero-order chi connectivity index (χ0) is 14.0. The van der Waals surface area contributed by atoms with Crippen LogP contribution in [0.2, 0.25) is 0 Å². The lowest BCUT2D eigenvalue weighted by Gasteiger charge is -2.12. The second-order valence-corrected chi connectivity index (χ2v) is 5.99. The van der Waals surface area contributed by atoms with E-state index in [1.54, 1.807) is 0 Å². The van der Waals surface area contributed by atoms with Crippen LogP contribution in [-0.4, -0.2) is 19.4 Å². The van der Waals surface area contributed by atoms with Crippen LogP contribution in [-0.2, 0) is 19.4 Å². The van der Waals surface area contributed by atoms with E-state index in [4.69, 9.17) is 5.73 Å². The van der Waals surface area contributed by atoms with Crippen molar-refractivity contribution < 1.29 is 0 Å². The maximum Gasteiger partial charge on any atom is 0.0801 e. The first-order chi connectivity index (χ1) is 9.08. The lowest BCUT2D eigenvalue weighted by atomic mass is 10.1. The van der Waals surface area contributed by atoms with Crippen molar-refractivity contribution >= 4 is 27.5 Å². The molecule has 0 saturated carbocycles. The molecule has 2 heterocycles. The summed E-state index contributed by atoms with van der Waals surface area (Å²) < 4.78 is 7.06. The number of hydrogen-bond donors (Lipinski definition) is 1. The molecule has 0 aliphatic heterocycles. The van der Waals surface area contributed by atoms with E-state index >= 15 is 0 Å². The smallest absolute Gasteiger partial charge is 0.0801 e. The largest absolute Gasteiger partial charge is 0.323 e. The molecule has 1 atom stereocenters. The number of rotatable bonds is 5. The van der Waals surface area contributed by atoms with Gasteiger partial charge >= 0.3 is 0 Å². The number of aromatic nitrogens is 4. The van der Waals surface area contributed by atoms with Gasteiger partial charge in [-0.25, -0.2) is 0 Å². The normalized spacial score (nSPS) is 12.9. The van der Waals surface area contributed by atoms with E-state index in [0.717, 1.165) is 45.8 Å². The fraction of sp³-hybridized carbons (Fsp3) is 0.583. The number of nitrogens with two attached hydrogens (primary N) is 1. The molecule has 0 bridgehead atoms. The third-order valence-corrected chi connectivity index (χ3v) is 5.05. The molecule has 19 heavy (non-hydrogen) atoms. The van der Waals surface area contributed by atoms with Gasteiger partial charge in [0.1, 0.15) is 0 Å². The molecule has 0 aliphatic rings. The second-order valence-electron chi connectivity index (χ2n) is 4.41. The van der Waals surface area contributed by atoms with Crippen LogP contribution in [0.25, 0.3) is 0 Å². The van der Waals surface area contributed by atoms with Crippen molar-refractivity contribution in [2.75, 3.05) is 0 Å². The average molecular weight is 344 g/mol. The molecule has 0 radical (unpaired) electrons. The number of nitrogens with zero attached hydrogens (tertiary/aromatic N) is 4. The minimum atomic E-state index is -0.0763. The zero-order valence-electron chi connectivity index (χ0n) is 11.4. The molecule has 0 fully saturated rings. The van der Waals surface area contributed by atoms with Crippen molar-refractivity contribution in [2.45, 2.75) is 46.2 Å². The molecular formula is C12H18BrN5S. The Morgan fingerprint density at radius 3 is 2.79 bits per heavy atom. The molecule has 2 N–H and O–H groups in total. The molecule has 1 unspecified atom stereocenters. The van der Waals surface area contributed by atoms with E-state index in [-0.39, 0.29) is 6.04 Å². The highest BCUT2D eigenvalue weighted by Gasteiger charge is 2.20. The summed E-state index contributed by atoms with van der Waals surface area (Å²) in [6, 6.07) is -0.0763. The van der Waals surface area contributed by atoms with Crippen LogP contribution < -0.4 is 5.73 Å². The second kappa shape index (κ2) is 6.11. The van der Waals surface area contributed by atoms with E-state index in [1.807, 2.05) is 11.6 Å². The summed E-state index contributed by atoms with van der Waals surface area (Å²) >= 11 is 5.00. The molecule has 2 aromatic heterocycles. The quantitative estimate of drug-likeness (QED) is 0.905. The van der Waals surface area contributed by atoms with Crippen LogP contribution in [0.4, 0.5) is 0 Å². The molecule has 0 saturated heterocycles. The Morgan fingerprint density at radius 1 is 1.42 bits per heavy atom. The zero-order valence-corrected chi connectivity index (χ0v) is 13.8. The van der Waals surface area contributed by atoms with Crippen LogP contribution in [0.15, 0.2) is 4.47 Å². The summed E-state index contributed by atoms with van der Waals surface area (Å²) in [5.41, 5.74) is 9.47. The van der Waals surface area contributed by atoms with Gasteiger partial charge in [0.25, 0.3) is 0 Å². The molecule has 2 rings (SSSR count). The highest BCUT2D eigenvalue weighted by atomic mass is 79.9. The standard InChI is InChI=1S/C12H18BrN5S/c1-4-9-12(19-17-15-9)8(14)6-10-11(13)7(3)16-18(10)5-2/h8H,4-6,14H2,1-3H3. The Morgan fingerprint density at radius 2 is 2.16 bits per heavy atom. The lowest BCUT2D eigenvalue weighted by molar-refractivity contribution is 0.587. The average Bonchev–Trinajstić information content (AvgIpc) is 2.98. The number of aryl methyl sites for hydroxylation is 3. The maximum absolute atomic E-state index is 6.32. The summed E-state index contributed by atoms with van der Waals surface area (Å²) in [7, 11) is 0. The molecule has 0 aromatic carbocycles. The molecule has 0 aliphatic carbocycles. The molecule has 2 aromatic rings. The lowest BCUT2D eigenvalue weighted by Crippen LogP contribution is -2.16. The molecular weight excluding hydrogens is 326 g/mol. The van der Waals surface area contributed by atoms with Gasteiger partial charge in [-0.1, -0.05) is 11.4 Å². The van der Waals surface area contributed by atoms with E-state index in [1.165, 1.54) is 11.5 Å². The van der Waals surface area contributed by atoms with Gasteiger partial charge in [0.15, 0.2) is 0 Å². The van der Waals surface area contributed by atoms with E-state index in [0.29, 0.717) is 0 Å². The van der Waals surface area contributed by atoms with Crippen LogP contribution in [0, 0.1) is 6.92 Å². The van der Waals surface area contributed by atoms with Crippen molar-refractivity contribution in [1.82, 2.24) is 19.4 Å². The Labute approximate surface area is 125 Å². The van der Waals surface area contributed by atoms with Crippen LogP contribution in [0.1, 0.15) is 41.8 Å². The highest BCUT2D eigenvalue weighted by molar-refractivity contribution is 9.10. The van der Waals surface area contributed by atoms with Crippen LogP contribution in [0.3, 0.4) is 0 Å². The SMILES string of the molecule is CCc1nnsc1C(N)Cc1c(Br)c(C)nn1CC. The molecule has 104 valence electrons. The van der Waals surface area contributed by atoms with Gasteiger partial charge in [0.2, 0.25) is 0 Å². The number of hydrogen-bond acceptors (Lipinski definition) is 5. The summed E-state index contributed by atoms with van der Waals surface area (Å²) in [6.45, 7) is 7.00. The van der Waals surface area contributed by atoms with Gasteiger partial charge in [-0.2, -0.15) is 5.10 Å². The number of halogens is 1. The summed E-state index contributed by atoms with van der Waals surface area (Å²) in [4.78, 5) is 1.08. The van der Waals surface area contributed by atoms with Crippen molar-refractivity contribution in [3.05, 3.63) is 26.4 Å². The first kappa shape index (κ1) is 14.6. The predicted molar refractivity (Wildman–Crippen MR) is 80.3 cm³/mol. The monoisotopic (exact) mass is 343 g/mol. The molecule has 0 amide bonds. The summed E-state index contributed by atoms with van der Waals surface area (Å²) in [5.74, 6) is 0. The third kappa shape index (κ3) is 2.88. The Bertz CT molecular complexity index is 562. The van der Waals surface area contributed by atoms with Gasteiger partial charge < -0.3 is 5.73 Å². The first-order valence-electron chi connectivity index (χ1n) is 6.36. The van der Waals surface area contributed by atoms with Gasteiger partial charge in [-0.05, 0) is 47.7 Å². The summed E-state index contributed by atoms with van der Waals surface area (Å²) in [5, 5.41) is 8.61.